The van der Waals surface area contributed by atoms with Crippen LogP contribution in [0, 0.1) is 0 Å². The number of fused-ring (bicyclic) bond motifs is 4. The van der Waals surface area contributed by atoms with Crippen molar-refractivity contribution in [3.8, 4) is 0 Å². The molecule has 0 saturated carbocycles. The predicted octanol–water partition coefficient (Wildman–Crippen LogP) is 12.6. The Morgan fingerprint density at radius 1 is 0.492 bits per heavy atom. The molecule has 4 heterocycles. The summed E-state index contributed by atoms with van der Waals surface area (Å²) in [5.74, 6) is 0. The second kappa shape index (κ2) is 32.0. The van der Waals surface area contributed by atoms with Crippen molar-refractivity contribution in [3.63, 3.8) is 0 Å². The summed E-state index contributed by atoms with van der Waals surface area (Å²) in [6.07, 6.45) is 0. The number of thiol groups is 1. The van der Waals surface area contributed by atoms with Gasteiger partial charge in [-0.3, -0.25) is 0 Å². The van der Waals surface area contributed by atoms with Crippen LogP contribution in [0.5, 0.6) is 0 Å². The standard InChI is InChI=1S/C19H16BrNS.C19H17NS.BHNS.S10.S9/c1-19(2)13-7-3-5-9-15(13)21(17-11-12-22-18(17)20)16-10-6-4-8-14(16)19;1-19(2)15-7-3-5-9-17(15)20(14-11-12-21-13-14)18-10-6-4-8-16(18)19;1-2-3;1-3-5-7-9-10-8-6-4-2;1-3-5-7-9-8-6-4-2/h3-12H,1-2H3;3-13H,1-2H3;3H;;. The van der Waals surface area contributed by atoms with Gasteiger partial charge in [0.05, 0.1) is 37.9 Å². The average molecular weight is 1330 g/mol. The molecule has 0 bridgehead atoms. The quantitative estimate of drug-likeness (QED) is 0.137. The van der Waals surface area contributed by atoms with E-state index < -0.39 is 0 Å². The van der Waals surface area contributed by atoms with Gasteiger partial charge in [-0.1, -0.05) is 100 Å². The molecule has 4 aromatic carbocycles. The average Bonchev–Trinajstić information content (AvgIpc) is 4.01. The number of benzene rings is 4. The molecule has 0 saturated heterocycles. The summed E-state index contributed by atoms with van der Waals surface area (Å²) < 4.78 is 3.86. The Hall–Kier alpha value is 0.755. The van der Waals surface area contributed by atoms with Gasteiger partial charge in [-0.25, -0.2) is 0 Å². The fraction of sp³-hybridized carbons (Fsp3) is 0.158. The van der Waals surface area contributed by atoms with Crippen molar-refractivity contribution in [3.05, 3.63) is 151 Å². The molecule has 0 atom stereocenters. The van der Waals surface area contributed by atoms with Gasteiger partial charge < -0.3 is 9.80 Å². The van der Waals surface area contributed by atoms with E-state index >= 15 is 0 Å². The number of halogens is 1. The Bertz CT molecular complexity index is 3110. The first-order valence-corrected chi connectivity index (χ1v) is 43.5. The summed E-state index contributed by atoms with van der Waals surface area (Å²) in [6, 6.07) is 39.3. The SMILES string of the molecule is CC1(C)c2ccccc2N(c2ccsc2)c2ccccc21.CC1(C)c2ccccc2N(c2ccsc2Br)c2ccccc21.S=S=S=S=S=S=S=S=S.S=S=S=S=S=S=S=S=S=S.[B]=NS. The van der Waals surface area contributed by atoms with Crippen molar-refractivity contribution < 1.29 is 0 Å². The van der Waals surface area contributed by atoms with E-state index in [-0.39, 0.29) is 10.8 Å². The van der Waals surface area contributed by atoms with Crippen molar-refractivity contribution in [2.45, 2.75) is 38.5 Å². The number of thiophene rings is 2. The van der Waals surface area contributed by atoms with E-state index in [9.17, 15) is 0 Å². The molecule has 0 amide bonds. The number of hydrogen-bond acceptors (Lipinski definition) is 10. The van der Waals surface area contributed by atoms with E-state index in [2.05, 4.69) is 248 Å². The fourth-order valence-electron chi connectivity index (χ4n) is 6.83. The van der Waals surface area contributed by atoms with Crippen LogP contribution in [0.25, 0.3) is 0 Å². The van der Waals surface area contributed by atoms with Crippen LogP contribution >= 0.6 is 51.4 Å². The van der Waals surface area contributed by atoms with Crippen LogP contribution < -0.4 is 9.80 Å². The molecule has 0 N–H and O–H groups in total. The van der Waals surface area contributed by atoms with Crippen molar-refractivity contribution in [2.24, 2.45) is 4.30 Å². The molecule has 8 rings (SSSR count). The molecule has 6 aromatic rings. The van der Waals surface area contributed by atoms with Gasteiger partial charge in [0.15, 0.2) is 0 Å². The monoisotopic (exact) mass is 1330 g/mol. The molecule has 0 spiro atoms. The summed E-state index contributed by atoms with van der Waals surface area (Å²) in [5.41, 5.74) is 13.1. The van der Waals surface area contributed by atoms with Crippen molar-refractivity contribution >= 4 is 271 Å². The molecule has 27 heteroatoms. The van der Waals surface area contributed by atoms with E-state index in [4.69, 9.17) is 0 Å². The van der Waals surface area contributed by atoms with Gasteiger partial charge in [0.2, 0.25) is 0 Å². The number of rotatable bonds is 2. The molecule has 0 aliphatic carbocycles. The molecule has 0 fully saturated rings. The van der Waals surface area contributed by atoms with Crippen LogP contribution in [0.1, 0.15) is 49.9 Å². The first-order chi connectivity index (χ1) is 31.5. The Balaban J connectivity index is 0.000000199. The Kier molecular flexibility index (Phi) is 28.7. The van der Waals surface area contributed by atoms with Crippen LogP contribution in [-0.4, -0.2) is 7.64 Å². The summed E-state index contributed by atoms with van der Waals surface area (Å²) >= 11 is 28.9. The zero-order valence-corrected chi connectivity index (χ0v) is 53.6. The molecule has 2 aliphatic rings. The molecule has 2 aromatic heterocycles. The van der Waals surface area contributed by atoms with Crippen LogP contribution in [0.2, 0.25) is 0 Å². The molecule has 2 aliphatic heterocycles. The van der Waals surface area contributed by atoms with E-state index in [1.807, 2.05) is 0 Å². The van der Waals surface area contributed by atoms with Crippen molar-refractivity contribution in [1.29, 1.82) is 0 Å². The third-order valence-corrected chi connectivity index (χ3v) is 40.5. The predicted molar refractivity (Wildman–Crippen MR) is 347 cm³/mol. The van der Waals surface area contributed by atoms with E-state index in [0.717, 1.165) is 3.79 Å². The normalized spacial score (nSPS) is 12.3. The fourth-order valence-corrected chi connectivity index (χ4v) is 38.9. The number of nitrogens with zero attached hydrogens (tertiary/aromatic N) is 3. The van der Waals surface area contributed by atoms with E-state index in [0.29, 0.717) is 0 Å². The molecular weight excluding hydrogens is 1290 g/mol. The first kappa shape index (κ1) is 58.3. The number of para-hydroxylation sites is 4. The number of hydrogen-bond donors (Lipinski definition) is 1. The zero-order valence-electron chi connectivity index (χ0n) is 33.9. The molecule has 65 heavy (non-hydrogen) atoms. The van der Waals surface area contributed by atoms with Crippen molar-refractivity contribution in [2.75, 3.05) is 9.80 Å². The van der Waals surface area contributed by atoms with Gasteiger partial charge in [-0.2, -0.15) is 11.3 Å². The molecule has 1 radical (unpaired) electrons. The summed E-state index contributed by atoms with van der Waals surface area (Å²) in [5, 5.41) is 6.48. The zero-order chi connectivity index (χ0) is 47.1. The van der Waals surface area contributed by atoms with E-state index in [1.54, 1.807) is 120 Å². The Morgan fingerprint density at radius 2 is 0.815 bits per heavy atom. The van der Waals surface area contributed by atoms with Crippen molar-refractivity contribution in [1.82, 2.24) is 0 Å². The Morgan fingerprint density at radius 3 is 1.11 bits per heavy atom. The Labute approximate surface area is 467 Å². The maximum absolute atomic E-state index is 4.66. The second-order valence-corrected chi connectivity index (χ2v) is 43.0. The van der Waals surface area contributed by atoms with Gasteiger partial charge in [-0.15, -0.1) is 11.3 Å². The summed E-state index contributed by atoms with van der Waals surface area (Å²) in [6.45, 7) is 9.25. The van der Waals surface area contributed by atoms with Crippen LogP contribution in [0.3, 0.4) is 0 Å². The molecule has 0 unspecified atom stereocenters. The van der Waals surface area contributed by atoms with Crippen LogP contribution in [0.4, 0.5) is 34.1 Å². The maximum atomic E-state index is 4.66. The topological polar surface area (TPSA) is 18.8 Å². The summed E-state index contributed by atoms with van der Waals surface area (Å²) in [7, 11) is 27.9. The minimum atomic E-state index is 0.00614. The van der Waals surface area contributed by atoms with E-state index in [1.165, 1.54) is 91.9 Å². The molecule has 3 nitrogen and oxygen atoms in total. The van der Waals surface area contributed by atoms with Gasteiger partial charge in [0.1, 0.15) is 0 Å². The van der Waals surface area contributed by atoms with Crippen LogP contribution in [0.15, 0.2) is 133 Å². The molecule has 343 valence electrons. The third-order valence-electron chi connectivity index (χ3n) is 9.24. The van der Waals surface area contributed by atoms with Gasteiger partial charge in [-0.05, 0) is 85.3 Å². The van der Waals surface area contributed by atoms with Crippen LogP contribution in [-0.2, 0) is 189 Å². The van der Waals surface area contributed by atoms with Gasteiger partial charge in [0, 0.05) is 194 Å². The third kappa shape index (κ3) is 16.9. The first-order valence-electron chi connectivity index (χ1n) is 17.8. The summed E-state index contributed by atoms with van der Waals surface area (Å²) in [4.78, 5) is 4.75. The second-order valence-electron chi connectivity index (χ2n) is 13.2. The molecular formula is C38H34BBrN3S22. The van der Waals surface area contributed by atoms with Gasteiger partial charge >= 0.3 is 24.8 Å². The minimum absolute atomic E-state index is 0.00614. The number of anilines is 6. The van der Waals surface area contributed by atoms with Gasteiger partial charge in [0.25, 0.3) is 0 Å².